The maximum absolute atomic E-state index is 11.7. The van der Waals surface area contributed by atoms with E-state index in [0.29, 0.717) is 5.56 Å². The topological polar surface area (TPSA) is 58.2 Å². The number of hydrogen-bond donors (Lipinski definition) is 2. The number of amides is 2. The van der Waals surface area contributed by atoms with Gasteiger partial charge in [0.05, 0.1) is 0 Å². The molecule has 0 atom stereocenters. The minimum absolute atomic E-state index is 0.345. The summed E-state index contributed by atoms with van der Waals surface area (Å²) in [5.41, 5.74) is 7.22. The lowest BCUT2D eigenvalue weighted by Gasteiger charge is -2.05. The van der Waals surface area contributed by atoms with Gasteiger partial charge < -0.3 is 0 Å². The van der Waals surface area contributed by atoms with Crippen LogP contribution in [0, 0.1) is 6.92 Å². The molecule has 2 rings (SSSR count). The van der Waals surface area contributed by atoms with E-state index in [1.54, 1.807) is 29.5 Å². The molecule has 102 valence electrons. The molecule has 0 fully saturated rings. The van der Waals surface area contributed by atoms with Crippen molar-refractivity contribution in [3.63, 3.8) is 0 Å². The molecule has 1 aromatic heterocycles. The number of thiophene rings is 1. The van der Waals surface area contributed by atoms with Gasteiger partial charge in [-0.1, -0.05) is 17.7 Å². The van der Waals surface area contributed by atoms with Crippen LogP contribution in [-0.4, -0.2) is 11.8 Å². The largest absolute Gasteiger partial charge is 0.269 e. The molecule has 0 aliphatic rings. The first kappa shape index (κ1) is 14.0. The number of carbonyl (C=O) groups is 2. The van der Waals surface area contributed by atoms with Crippen molar-refractivity contribution in [1.29, 1.82) is 0 Å². The lowest BCUT2D eigenvalue weighted by atomic mass is 10.1. The number of benzene rings is 1. The molecule has 0 radical (unpaired) electrons. The third kappa shape index (κ3) is 4.07. The number of rotatable bonds is 3. The van der Waals surface area contributed by atoms with Crippen molar-refractivity contribution in [2.75, 3.05) is 0 Å². The van der Waals surface area contributed by atoms with Crippen LogP contribution in [0.25, 0.3) is 6.08 Å². The average molecular weight is 286 g/mol. The second-order valence-electron chi connectivity index (χ2n) is 4.20. The van der Waals surface area contributed by atoms with Gasteiger partial charge >= 0.3 is 0 Å². The van der Waals surface area contributed by atoms with E-state index in [0.717, 1.165) is 11.1 Å². The maximum Gasteiger partial charge on any atom is 0.269 e. The van der Waals surface area contributed by atoms with Crippen molar-refractivity contribution in [1.82, 2.24) is 10.9 Å². The Morgan fingerprint density at radius 1 is 1.10 bits per heavy atom. The molecule has 4 nitrogen and oxygen atoms in total. The van der Waals surface area contributed by atoms with Crippen molar-refractivity contribution >= 4 is 29.2 Å². The molecule has 5 heteroatoms. The van der Waals surface area contributed by atoms with Crippen molar-refractivity contribution in [2.24, 2.45) is 0 Å². The molecular formula is C15H14N2O2S. The van der Waals surface area contributed by atoms with E-state index in [2.05, 4.69) is 10.9 Å². The molecule has 2 amide bonds. The molecule has 1 heterocycles. The van der Waals surface area contributed by atoms with E-state index >= 15 is 0 Å². The summed E-state index contributed by atoms with van der Waals surface area (Å²) < 4.78 is 0. The van der Waals surface area contributed by atoms with E-state index in [1.807, 2.05) is 35.9 Å². The van der Waals surface area contributed by atoms with Crippen LogP contribution in [-0.2, 0) is 4.79 Å². The SMILES string of the molecule is Cc1ccc(C(=O)NNC(=O)/C=C/c2ccsc2)cc1. The highest BCUT2D eigenvalue weighted by atomic mass is 32.1. The molecule has 2 aromatic rings. The van der Waals surface area contributed by atoms with Crippen LogP contribution in [0.3, 0.4) is 0 Å². The first-order valence-corrected chi connectivity index (χ1v) is 6.97. The Morgan fingerprint density at radius 3 is 2.50 bits per heavy atom. The molecule has 0 saturated heterocycles. The van der Waals surface area contributed by atoms with E-state index in [4.69, 9.17) is 0 Å². The van der Waals surface area contributed by atoms with E-state index in [1.165, 1.54) is 6.08 Å². The molecule has 0 spiro atoms. The van der Waals surface area contributed by atoms with Gasteiger partial charge in [0.15, 0.2) is 0 Å². The van der Waals surface area contributed by atoms with Gasteiger partial charge in [0.1, 0.15) is 0 Å². The Morgan fingerprint density at radius 2 is 1.85 bits per heavy atom. The van der Waals surface area contributed by atoms with Gasteiger partial charge in [-0.15, -0.1) is 0 Å². The van der Waals surface area contributed by atoms with Crippen LogP contribution < -0.4 is 10.9 Å². The fourth-order valence-electron chi connectivity index (χ4n) is 1.48. The summed E-state index contributed by atoms with van der Waals surface area (Å²) in [6.07, 6.45) is 3.06. The van der Waals surface area contributed by atoms with Gasteiger partial charge in [0.2, 0.25) is 0 Å². The van der Waals surface area contributed by atoms with Crippen molar-refractivity contribution in [3.8, 4) is 0 Å². The summed E-state index contributed by atoms with van der Waals surface area (Å²) in [6.45, 7) is 1.94. The molecular weight excluding hydrogens is 272 g/mol. The van der Waals surface area contributed by atoms with Gasteiger partial charge in [0, 0.05) is 11.6 Å². The molecule has 1 aromatic carbocycles. The Bertz CT molecular complexity index is 616. The second kappa shape index (κ2) is 6.68. The third-order valence-corrected chi connectivity index (χ3v) is 3.28. The van der Waals surface area contributed by atoms with Crippen molar-refractivity contribution < 1.29 is 9.59 Å². The predicted molar refractivity (Wildman–Crippen MR) is 80.1 cm³/mol. The molecule has 0 saturated carbocycles. The fraction of sp³-hybridized carbons (Fsp3) is 0.0667. The van der Waals surface area contributed by atoms with Crippen molar-refractivity contribution in [2.45, 2.75) is 6.92 Å². The summed E-state index contributed by atoms with van der Waals surface area (Å²) in [4.78, 5) is 23.3. The Kier molecular flexibility index (Phi) is 4.68. The quantitative estimate of drug-likeness (QED) is 0.673. The first-order chi connectivity index (χ1) is 9.65. The molecule has 0 bridgehead atoms. The normalized spacial score (nSPS) is 10.4. The summed E-state index contributed by atoms with van der Waals surface area (Å²) in [7, 11) is 0. The summed E-state index contributed by atoms with van der Waals surface area (Å²) in [5, 5.41) is 3.85. The van der Waals surface area contributed by atoms with E-state index in [9.17, 15) is 9.59 Å². The first-order valence-electron chi connectivity index (χ1n) is 6.02. The van der Waals surface area contributed by atoms with Gasteiger partial charge in [0.25, 0.3) is 11.8 Å². The van der Waals surface area contributed by atoms with E-state index in [-0.39, 0.29) is 11.8 Å². The second-order valence-corrected chi connectivity index (χ2v) is 4.98. The molecule has 0 aliphatic heterocycles. The van der Waals surface area contributed by atoms with Crippen LogP contribution in [0.4, 0.5) is 0 Å². The summed E-state index contributed by atoms with van der Waals surface area (Å²) in [5.74, 6) is -0.723. The van der Waals surface area contributed by atoms with Crippen LogP contribution in [0.2, 0.25) is 0 Å². The third-order valence-electron chi connectivity index (χ3n) is 2.58. The summed E-state index contributed by atoms with van der Waals surface area (Å²) >= 11 is 1.56. The zero-order valence-electron chi connectivity index (χ0n) is 10.9. The molecule has 0 unspecified atom stereocenters. The smallest absolute Gasteiger partial charge is 0.268 e. The number of carbonyl (C=O) groups excluding carboxylic acids is 2. The summed E-state index contributed by atoms with van der Waals surface area (Å²) in [6, 6.07) is 9.00. The van der Waals surface area contributed by atoms with Crippen LogP contribution in [0.15, 0.2) is 47.2 Å². The van der Waals surface area contributed by atoms with Gasteiger partial charge in [-0.05, 0) is 47.5 Å². The Balaban J connectivity index is 1.84. The lowest BCUT2D eigenvalue weighted by Crippen LogP contribution is -2.40. The highest BCUT2D eigenvalue weighted by molar-refractivity contribution is 7.08. The van der Waals surface area contributed by atoms with Gasteiger partial charge in [-0.25, -0.2) is 0 Å². The van der Waals surface area contributed by atoms with Gasteiger partial charge in [-0.2, -0.15) is 11.3 Å². The molecule has 0 aliphatic carbocycles. The van der Waals surface area contributed by atoms with Gasteiger partial charge in [-0.3, -0.25) is 20.4 Å². The fourth-order valence-corrected chi connectivity index (χ4v) is 2.11. The number of hydrogen-bond acceptors (Lipinski definition) is 3. The number of nitrogens with one attached hydrogen (secondary N) is 2. The van der Waals surface area contributed by atoms with Crippen LogP contribution in [0.5, 0.6) is 0 Å². The monoisotopic (exact) mass is 286 g/mol. The number of aryl methyl sites for hydroxylation is 1. The zero-order chi connectivity index (χ0) is 14.4. The Hall–Kier alpha value is -2.40. The highest BCUT2D eigenvalue weighted by Gasteiger charge is 2.05. The van der Waals surface area contributed by atoms with Crippen LogP contribution >= 0.6 is 11.3 Å². The van der Waals surface area contributed by atoms with Crippen LogP contribution in [0.1, 0.15) is 21.5 Å². The standard InChI is InChI=1S/C15H14N2O2S/c1-11-2-5-13(6-3-11)15(19)17-16-14(18)7-4-12-8-9-20-10-12/h2-10H,1H3,(H,16,18)(H,17,19)/b7-4+. The Labute approximate surface area is 121 Å². The molecule has 2 N–H and O–H groups in total. The highest BCUT2D eigenvalue weighted by Crippen LogP contribution is 2.07. The number of hydrazine groups is 1. The van der Waals surface area contributed by atoms with E-state index < -0.39 is 0 Å². The predicted octanol–water partition coefficient (Wildman–Crippen LogP) is 2.53. The van der Waals surface area contributed by atoms with Crippen molar-refractivity contribution in [3.05, 3.63) is 63.9 Å². The minimum Gasteiger partial charge on any atom is -0.268 e. The maximum atomic E-state index is 11.7. The zero-order valence-corrected chi connectivity index (χ0v) is 11.7. The average Bonchev–Trinajstić information content (AvgIpc) is 2.96. The minimum atomic E-state index is -0.378. The lowest BCUT2D eigenvalue weighted by molar-refractivity contribution is -0.117. The molecule has 20 heavy (non-hydrogen) atoms.